The minimum absolute atomic E-state index is 0.00239. The predicted octanol–water partition coefficient (Wildman–Crippen LogP) is 1.09. The Balaban J connectivity index is 1.44. The number of piperazine rings is 1. The molecule has 0 atom stereocenters. The number of benzene rings is 1. The van der Waals surface area contributed by atoms with Gasteiger partial charge in [-0.25, -0.2) is 0 Å². The van der Waals surface area contributed by atoms with Crippen molar-refractivity contribution in [2.75, 3.05) is 57.3 Å². The van der Waals surface area contributed by atoms with Gasteiger partial charge in [0.1, 0.15) is 5.69 Å². The van der Waals surface area contributed by atoms with Gasteiger partial charge in [0.2, 0.25) is 11.8 Å². The van der Waals surface area contributed by atoms with E-state index in [1.54, 1.807) is 18.2 Å². The summed E-state index contributed by atoms with van der Waals surface area (Å²) in [4.78, 5) is 40.6. The van der Waals surface area contributed by atoms with Gasteiger partial charge in [-0.1, -0.05) is 12.1 Å². The Morgan fingerprint density at radius 1 is 1.10 bits per heavy atom. The maximum absolute atomic E-state index is 12.7. The summed E-state index contributed by atoms with van der Waals surface area (Å²) in [6.45, 7) is 6.73. The molecule has 0 bridgehead atoms. The van der Waals surface area contributed by atoms with Crippen molar-refractivity contribution < 1.29 is 14.5 Å². The second kappa shape index (κ2) is 9.69. The third-order valence-corrected chi connectivity index (χ3v) is 5.76. The number of anilines is 1. The molecule has 9 nitrogen and oxygen atoms in total. The van der Waals surface area contributed by atoms with Crippen molar-refractivity contribution in [3.05, 3.63) is 34.4 Å². The van der Waals surface area contributed by atoms with Gasteiger partial charge in [0.05, 0.1) is 11.5 Å². The largest absolute Gasteiger partial charge is 0.362 e. The van der Waals surface area contributed by atoms with Crippen LogP contribution in [0.1, 0.15) is 19.8 Å². The molecular formula is C20H29N5O4. The fourth-order valence-corrected chi connectivity index (χ4v) is 4.01. The Hall–Kier alpha value is -2.68. The van der Waals surface area contributed by atoms with Crippen LogP contribution in [-0.2, 0) is 9.59 Å². The Morgan fingerprint density at radius 2 is 1.76 bits per heavy atom. The van der Waals surface area contributed by atoms with Crippen LogP contribution < -0.4 is 10.2 Å². The zero-order valence-corrected chi connectivity index (χ0v) is 16.9. The maximum atomic E-state index is 12.7. The highest BCUT2D eigenvalue weighted by atomic mass is 16.6. The number of rotatable bonds is 6. The van der Waals surface area contributed by atoms with Crippen LogP contribution >= 0.6 is 0 Å². The number of hydrogen-bond acceptors (Lipinski definition) is 6. The molecule has 1 aromatic carbocycles. The molecule has 0 unspecified atom stereocenters. The zero-order valence-electron chi connectivity index (χ0n) is 16.9. The lowest BCUT2D eigenvalue weighted by Crippen LogP contribution is -2.52. The highest BCUT2D eigenvalue weighted by molar-refractivity contribution is 5.78. The Bertz CT molecular complexity index is 740. The van der Waals surface area contributed by atoms with Gasteiger partial charge in [-0.3, -0.25) is 24.6 Å². The number of amides is 2. The lowest BCUT2D eigenvalue weighted by molar-refractivity contribution is -0.384. The third kappa shape index (κ3) is 5.66. The number of nitrogens with one attached hydrogen (secondary N) is 1. The SMILES string of the molecule is CC(=O)NCC1CCN(CC(=O)N2CCN(c3ccccc3[N+](=O)[O-])CC2)CC1. The van der Waals surface area contributed by atoms with Crippen LogP contribution in [0.25, 0.3) is 0 Å². The van der Waals surface area contributed by atoms with Crippen molar-refractivity contribution in [1.82, 2.24) is 15.1 Å². The summed E-state index contributed by atoms with van der Waals surface area (Å²) in [6, 6.07) is 6.75. The van der Waals surface area contributed by atoms with Gasteiger partial charge in [-0.15, -0.1) is 0 Å². The van der Waals surface area contributed by atoms with Crippen LogP contribution in [0, 0.1) is 16.0 Å². The van der Waals surface area contributed by atoms with E-state index in [0.717, 1.165) is 25.9 Å². The van der Waals surface area contributed by atoms with E-state index in [4.69, 9.17) is 0 Å². The number of likely N-dealkylation sites (tertiary alicyclic amines) is 1. The van der Waals surface area contributed by atoms with Crippen LogP contribution in [0.4, 0.5) is 11.4 Å². The van der Waals surface area contributed by atoms with Gasteiger partial charge in [-0.05, 0) is 37.9 Å². The standard InChI is InChI=1S/C20H29N5O4/c1-16(26)21-14-17-6-8-22(9-7-17)15-20(27)24-12-10-23(11-13-24)18-4-2-3-5-19(18)25(28)29/h2-5,17H,6-15H2,1H3,(H,21,26). The molecule has 0 aliphatic carbocycles. The van der Waals surface area contributed by atoms with Crippen LogP contribution in [0.15, 0.2) is 24.3 Å². The summed E-state index contributed by atoms with van der Waals surface area (Å²) >= 11 is 0. The van der Waals surface area contributed by atoms with Crippen LogP contribution in [0.3, 0.4) is 0 Å². The molecule has 158 valence electrons. The van der Waals surface area contributed by atoms with E-state index < -0.39 is 0 Å². The minimum atomic E-state index is -0.359. The fraction of sp³-hybridized carbons (Fsp3) is 0.600. The number of carbonyl (C=O) groups is 2. The molecular weight excluding hydrogens is 374 g/mol. The Kier molecular flexibility index (Phi) is 7.03. The molecule has 0 saturated carbocycles. The maximum Gasteiger partial charge on any atom is 0.292 e. The number of para-hydroxylation sites is 2. The first-order chi connectivity index (χ1) is 13.9. The third-order valence-electron chi connectivity index (χ3n) is 5.76. The topological polar surface area (TPSA) is 99.0 Å². The number of nitro benzene ring substituents is 1. The van der Waals surface area contributed by atoms with Gasteiger partial charge >= 0.3 is 0 Å². The molecule has 2 heterocycles. The van der Waals surface area contributed by atoms with E-state index in [9.17, 15) is 19.7 Å². The van der Waals surface area contributed by atoms with Crippen molar-refractivity contribution in [1.29, 1.82) is 0 Å². The van der Waals surface area contributed by atoms with Gasteiger partial charge in [-0.2, -0.15) is 0 Å². The highest BCUT2D eigenvalue weighted by Crippen LogP contribution is 2.28. The van der Waals surface area contributed by atoms with Gasteiger partial charge in [0.15, 0.2) is 0 Å². The average molecular weight is 403 g/mol. The average Bonchev–Trinajstić information content (AvgIpc) is 2.73. The van der Waals surface area contributed by atoms with E-state index in [-0.39, 0.29) is 22.4 Å². The van der Waals surface area contributed by atoms with Gasteiger partial charge in [0.25, 0.3) is 5.69 Å². The smallest absolute Gasteiger partial charge is 0.292 e. The van der Waals surface area contributed by atoms with Crippen LogP contribution in [-0.4, -0.2) is 78.9 Å². The summed E-state index contributed by atoms with van der Waals surface area (Å²) in [5, 5.41) is 14.1. The first-order valence-electron chi connectivity index (χ1n) is 10.2. The minimum Gasteiger partial charge on any atom is -0.362 e. The van der Waals surface area contributed by atoms with E-state index >= 15 is 0 Å². The predicted molar refractivity (Wildman–Crippen MR) is 110 cm³/mol. The lowest BCUT2D eigenvalue weighted by Gasteiger charge is -2.37. The second-order valence-corrected chi connectivity index (χ2v) is 7.77. The lowest BCUT2D eigenvalue weighted by atomic mass is 9.97. The first-order valence-corrected chi connectivity index (χ1v) is 10.2. The number of nitrogens with zero attached hydrogens (tertiary/aromatic N) is 4. The van der Waals surface area contributed by atoms with Gasteiger partial charge in [0, 0.05) is 45.7 Å². The molecule has 2 amide bonds. The summed E-state index contributed by atoms with van der Waals surface area (Å²) in [6.07, 6.45) is 1.97. The summed E-state index contributed by atoms with van der Waals surface area (Å²) in [7, 11) is 0. The molecule has 29 heavy (non-hydrogen) atoms. The van der Waals surface area contributed by atoms with Crippen molar-refractivity contribution >= 4 is 23.2 Å². The molecule has 2 aliphatic heterocycles. The molecule has 3 rings (SSSR count). The molecule has 0 radical (unpaired) electrons. The number of carbonyl (C=O) groups excluding carboxylic acids is 2. The molecule has 1 N–H and O–H groups in total. The van der Waals surface area contributed by atoms with E-state index in [0.29, 0.717) is 50.9 Å². The van der Waals surface area contributed by atoms with Crippen molar-refractivity contribution in [3.63, 3.8) is 0 Å². The van der Waals surface area contributed by atoms with E-state index in [1.807, 2.05) is 9.80 Å². The highest BCUT2D eigenvalue weighted by Gasteiger charge is 2.27. The molecule has 0 aromatic heterocycles. The van der Waals surface area contributed by atoms with Crippen molar-refractivity contribution in [3.8, 4) is 0 Å². The van der Waals surface area contributed by atoms with Crippen molar-refractivity contribution in [2.45, 2.75) is 19.8 Å². The van der Waals surface area contributed by atoms with Gasteiger partial charge < -0.3 is 15.1 Å². The fourth-order valence-electron chi connectivity index (χ4n) is 4.01. The molecule has 9 heteroatoms. The molecule has 2 saturated heterocycles. The second-order valence-electron chi connectivity index (χ2n) is 7.77. The molecule has 1 aromatic rings. The monoisotopic (exact) mass is 403 g/mol. The molecule has 2 aliphatic rings. The van der Waals surface area contributed by atoms with E-state index in [2.05, 4.69) is 10.2 Å². The number of piperidine rings is 1. The quantitative estimate of drug-likeness (QED) is 0.564. The first kappa shape index (κ1) is 21.0. The van der Waals surface area contributed by atoms with Crippen molar-refractivity contribution in [2.24, 2.45) is 5.92 Å². The number of nitro groups is 1. The summed E-state index contributed by atoms with van der Waals surface area (Å²) in [5.41, 5.74) is 0.722. The van der Waals surface area contributed by atoms with Crippen LogP contribution in [0.5, 0.6) is 0 Å². The summed E-state index contributed by atoms with van der Waals surface area (Å²) < 4.78 is 0. The normalized spacial score (nSPS) is 18.5. The molecule has 0 spiro atoms. The van der Waals surface area contributed by atoms with E-state index in [1.165, 1.54) is 13.0 Å². The number of hydrogen-bond donors (Lipinski definition) is 1. The summed E-state index contributed by atoms with van der Waals surface area (Å²) in [5.74, 6) is 0.602. The zero-order chi connectivity index (χ0) is 20.8. The van der Waals surface area contributed by atoms with Crippen LogP contribution in [0.2, 0.25) is 0 Å². The molecule has 2 fully saturated rings. The Labute approximate surface area is 170 Å². The Morgan fingerprint density at radius 3 is 2.38 bits per heavy atom.